The Morgan fingerprint density at radius 1 is 1.28 bits per heavy atom. The first-order valence-corrected chi connectivity index (χ1v) is 7.52. The highest BCUT2D eigenvalue weighted by molar-refractivity contribution is 5.56. The lowest BCUT2D eigenvalue weighted by molar-refractivity contribution is -0.384. The lowest BCUT2D eigenvalue weighted by atomic mass is 10.0. The van der Waals surface area contributed by atoms with E-state index < -0.39 is 11.0 Å². The van der Waals surface area contributed by atoms with Crippen LogP contribution in [-0.4, -0.2) is 24.8 Å². The number of aliphatic hydroxyl groups excluding tert-OH is 1. The van der Waals surface area contributed by atoms with Crippen LogP contribution in [0.2, 0.25) is 0 Å². The minimum atomic E-state index is -0.855. The summed E-state index contributed by atoms with van der Waals surface area (Å²) < 4.78 is 14.6. The first-order chi connectivity index (χ1) is 11.9. The van der Waals surface area contributed by atoms with Crippen molar-refractivity contribution in [1.82, 2.24) is 14.8 Å². The molecule has 1 atom stereocenters. The molecule has 1 unspecified atom stereocenters. The number of nitro benzene ring substituents is 1. The molecule has 0 bridgehead atoms. The van der Waals surface area contributed by atoms with Gasteiger partial charge in [0.1, 0.15) is 12.1 Å². The molecule has 3 aromatic rings. The molecule has 1 aromatic heterocycles. The van der Waals surface area contributed by atoms with Crippen LogP contribution in [0, 0.1) is 22.9 Å². The highest BCUT2D eigenvalue weighted by Crippen LogP contribution is 2.22. The van der Waals surface area contributed by atoms with Crippen LogP contribution in [0.25, 0.3) is 11.4 Å². The minimum absolute atomic E-state index is 0.00890. The summed E-state index contributed by atoms with van der Waals surface area (Å²) in [5.41, 5.74) is 1.90. The summed E-state index contributed by atoms with van der Waals surface area (Å²) in [5.74, 6) is 0.0487. The highest BCUT2D eigenvalue weighted by atomic mass is 19.1. The van der Waals surface area contributed by atoms with Gasteiger partial charge in [-0.3, -0.25) is 10.1 Å². The first-order valence-electron chi connectivity index (χ1n) is 7.52. The van der Waals surface area contributed by atoms with Gasteiger partial charge in [0.2, 0.25) is 0 Å². The van der Waals surface area contributed by atoms with Crippen molar-refractivity contribution < 1.29 is 14.4 Å². The third kappa shape index (κ3) is 3.69. The van der Waals surface area contributed by atoms with Gasteiger partial charge in [0, 0.05) is 17.7 Å². The van der Waals surface area contributed by atoms with Crippen molar-refractivity contribution in [3.8, 4) is 11.4 Å². The zero-order valence-corrected chi connectivity index (χ0v) is 13.3. The van der Waals surface area contributed by atoms with Gasteiger partial charge in [-0.05, 0) is 42.3 Å². The normalized spacial score (nSPS) is 12.1. The Hall–Kier alpha value is -3.13. The largest absolute Gasteiger partial charge is 0.386 e. The Kier molecular flexibility index (Phi) is 4.53. The summed E-state index contributed by atoms with van der Waals surface area (Å²) in [7, 11) is 0. The van der Waals surface area contributed by atoms with E-state index in [2.05, 4.69) is 10.1 Å². The SMILES string of the molecule is Cc1cc(F)ccc1C(O)Cn1cnc(-c2ccc([N+](=O)[O-])cc2)n1. The average molecular weight is 342 g/mol. The number of aryl methyl sites for hydroxylation is 1. The van der Waals surface area contributed by atoms with Gasteiger partial charge in [0.25, 0.3) is 5.69 Å². The number of rotatable bonds is 5. The number of nitro groups is 1. The van der Waals surface area contributed by atoms with Gasteiger partial charge in [-0.1, -0.05) is 6.07 Å². The molecule has 0 fully saturated rings. The number of non-ortho nitro benzene ring substituents is 1. The highest BCUT2D eigenvalue weighted by Gasteiger charge is 2.14. The zero-order valence-electron chi connectivity index (χ0n) is 13.3. The van der Waals surface area contributed by atoms with Gasteiger partial charge < -0.3 is 5.11 Å². The van der Waals surface area contributed by atoms with Crippen molar-refractivity contribution in [3.63, 3.8) is 0 Å². The standard InChI is InChI=1S/C17H15FN4O3/c1-11-8-13(18)4-7-15(11)16(23)9-21-10-19-17(20-21)12-2-5-14(6-3-12)22(24)25/h2-8,10,16,23H,9H2,1H3. The van der Waals surface area contributed by atoms with E-state index >= 15 is 0 Å². The lowest BCUT2D eigenvalue weighted by Gasteiger charge is -2.13. The molecule has 0 radical (unpaired) electrons. The second-order valence-electron chi connectivity index (χ2n) is 5.61. The molecule has 0 saturated heterocycles. The third-order valence-electron chi connectivity index (χ3n) is 3.82. The number of benzene rings is 2. The van der Waals surface area contributed by atoms with Crippen molar-refractivity contribution in [1.29, 1.82) is 0 Å². The number of halogens is 1. The van der Waals surface area contributed by atoms with Gasteiger partial charge in [0.05, 0.1) is 17.6 Å². The summed E-state index contributed by atoms with van der Waals surface area (Å²) >= 11 is 0. The van der Waals surface area contributed by atoms with E-state index in [1.165, 1.54) is 35.3 Å². The van der Waals surface area contributed by atoms with Crippen LogP contribution >= 0.6 is 0 Å². The van der Waals surface area contributed by atoms with E-state index in [0.29, 0.717) is 22.5 Å². The predicted molar refractivity (Wildman–Crippen MR) is 88.2 cm³/mol. The van der Waals surface area contributed by atoms with E-state index in [4.69, 9.17) is 0 Å². The zero-order chi connectivity index (χ0) is 18.0. The molecule has 3 rings (SSSR count). The number of hydrogen-bond acceptors (Lipinski definition) is 5. The lowest BCUT2D eigenvalue weighted by Crippen LogP contribution is -2.10. The van der Waals surface area contributed by atoms with Gasteiger partial charge in [-0.15, -0.1) is 0 Å². The smallest absolute Gasteiger partial charge is 0.269 e. The van der Waals surface area contributed by atoms with E-state index in [-0.39, 0.29) is 18.0 Å². The molecule has 1 N–H and O–H groups in total. The second kappa shape index (κ2) is 6.78. The maximum Gasteiger partial charge on any atom is 0.269 e. The number of aromatic nitrogens is 3. The molecule has 0 saturated carbocycles. The van der Waals surface area contributed by atoms with Crippen molar-refractivity contribution >= 4 is 5.69 Å². The fourth-order valence-electron chi connectivity index (χ4n) is 2.54. The topological polar surface area (TPSA) is 94.1 Å². The molecular weight excluding hydrogens is 327 g/mol. The molecule has 0 amide bonds. The summed E-state index contributed by atoms with van der Waals surface area (Å²) in [4.78, 5) is 14.4. The van der Waals surface area contributed by atoms with Crippen LogP contribution in [0.3, 0.4) is 0 Å². The molecule has 8 heteroatoms. The van der Waals surface area contributed by atoms with E-state index in [1.807, 2.05) is 0 Å². The van der Waals surface area contributed by atoms with Crippen molar-refractivity contribution in [2.75, 3.05) is 0 Å². The van der Waals surface area contributed by atoms with Crippen molar-refractivity contribution in [3.05, 3.63) is 75.9 Å². The number of hydrogen-bond donors (Lipinski definition) is 1. The van der Waals surface area contributed by atoms with Crippen LogP contribution in [0.15, 0.2) is 48.8 Å². The third-order valence-corrected chi connectivity index (χ3v) is 3.82. The summed E-state index contributed by atoms with van der Waals surface area (Å²) in [6.45, 7) is 1.89. The predicted octanol–water partition coefficient (Wildman–Crippen LogP) is 3.03. The number of nitrogens with zero attached hydrogens (tertiary/aromatic N) is 4. The molecule has 7 nitrogen and oxygen atoms in total. The molecule has 0 aliphatic carbocycles. The van der Waals surface area contributed by atoms with Gasteiger partial charge in [0.15, 0.2) is 5.82 Å². The van der Waals surface area contributed by atoms with Crippen molar-refractivity contribution in [2.45, 2.75) is 19.6 Å². The van der Waals surface area contributed by atoms with Crippen LogP contribution in [-0.2, 0) is 6.54 Å². The molecule has 25 heavy (non-hydrogen) atoms. The Balaban J connectivity index is 1.76. The summed E-state index contributed by atoms with van der Waals surface area (Å²) in [6.07, 6.45) is 0.616. The molecular formula is C17H15FN4O3. The second-order valence-corrected chi connectivity index (χ2v) is 5.61. The fourth-order valence-corrected chi connectivity index (χ4v) is 2.54. The van der Waals surface area contributed by atoms with E-state index in [1.54, 1.807) is 25.1 Å². The van der Waals surface area contributed by atoms with Gasteiger partial charge in [-0.25, -0.2) is 14.1 Å². The molecule has 0 aliphatic heterocycles. The maximum atomic E-state index is 13.2. The minimum Gasteiger partial charge on any atom is -0.386 e. The number of aliphatic hydroxyl groups is 1. The van der Waals surface area contributed by atoms with Crippen LogP contribution in [0.1, 0.15) is 17.2 Å². The van der Waals surface area contributed by atoms with Gasteiger partial charge in [-0.2, -0.15) is 5.10 Å². The average Bonchev–Trinajstić information content (AvgIpc) is 3.03. The summed E-state index contributed by atoms with van der Waals surface area (Å²) in [6, 6.07) is 10.1. The quantitative estimate of drug-likeness (QED) is 0.568. The van der Waals surface area contributed by atoms with E-state index in [9.17, 15) is 19.6 Å². The first kappa shape index (κ1) is 16.7. The Bertz CT molecular complexity index is 909. The van der Waals surface area contributed by atoms with Crippen LogP contribution < -0.4 is 0 Å². The maximum absolute atomic E-state index is 13.2. The van der Waals surface area contributed by atoms with E-state index in [0.717, 1.165) is 0 Å². The Morgan fingerprint density at radius 2 is 2.00 bits per heavy atom. The van der Waals surface area contributed by atoms with Gasteiger partial charge >= 0.3 is 0 Å². The Labute approximate surface area is 142 Å². The summed E-state index contributed by atoms with van der Waals surface area (Å²) in [5, 5.41) is 25.3. The van der Waals surface area contributed by atoms with Crippen molar-refractivity contribution in [2.24, 2.45) is 0 Å². The molecule has 1 heterocycles. The monoisotopic (exact) mass is 342 g/mol. The molecule has 0 aliphatic rings. The Morgan fingerprint density at radius 3 is 2.64 bits per heavy atom. The molecule has 0 spiro atoms. The van der Waals surface area contributed by atoms with Crippen LogP contribution in [0.4, 0.5) is 10.1 Å². The van der Waals surface area contributed by atoms with Crippen LogP contribution in [0.5, 0.6) is 0 Å². The molecule has 2 aromatic carbocycles. The molecule has 128 valence electrons. The fraction of sp³-hybridized carbons (Fsp3) is 0.176.